The van der Waals surface area contributed by atoms with Crippen molar-refractivity contribution in [3.63, 3.8) is 0 Å². The van der Waals surface area contributed by atoms with E-state index in [0.29, 0.717) is 12.8 Å². The van der Waals surface area contributed by atoms with Crippen LogP contribution in [0.4, 0.5) is 0 Å². The van der Waals surface area contributed by atoms with Gasteiger partial charge in [-0.3, -0.25) is 4.55 Å². The Balaban J connectivity index is 3.61. The molecule has 0 saturated carbocycles. The lowest BCUT2D eigenvalue weighted by molar-refractivity contribution is 0.442. The van der Waals surface area contributed by atoms with Crippen molar-refractivity contribution in [3.05, 3.63) is 0 Å². The van der Waals surface area contributed by atoms with Gasteiger partial charge >= 0.3 is 0 Å². The highest BCUT2D eigenvalue weighted by molar-refractivity contribution is 7.86. The third-order valence-electron chi connectivity index (χ3n) is 6.18. The average Bonchev–Trinajstić information content (AvgIpc) is 2.68. The van der Waals surface area contributed by atoms with E-state index in [9.17, 15) is 13.0 Å². The van der Waals surface area contributed by atoms with Gasteiger partial charge in [0.05, 0.1) is 5.25 Å². The molecule has 0 fully saturated rings. The van der Waals surface area contributed by atoms with Crippen LogP contribution in [0.2, 0.25) is 0 Å². The maximum absolute atomic E-state index is 11.7. The monoisotopic (exact) mass is 432 g/mol. The molecule has 0 amide bonds. The Bertz CT molecular complexity index is 420. The first kappa shape index (κ1) is 28.9. The minimum absolute atomic E-state index is 0.536. The molecule has 0 aliphatic heterocycles. The molecule has 0 aliphatic rings. The third-order valence-corrected chi connectivity index (χ3v) is 7.49. The maximum atomic E-state index is 11.7. The lowest BCUT2D eigenvalue weighted by Crippen LogP contribution is -2.20. The van der Waals surface area contributed by atoms with Crippen LogP contribution in [-0.2, 0) is 10.1 Å². The average molecular weight is 433 g/mol. The van der Waals surface area contributed by atoms with Gasteiger partial charge in [-0.15, -0.1) is 0 Å². The van der Waals surface area contributed by atoms with Crippen molar-refractivity contribution < 1.29 is 13.0 Å². The molecule has 1 unspecified atom stereocenters. The van der Waals surface area contributed by atoms with Gasteiger partial charge in [-0.05, 0) is 12.8 Å². The zero-order chi connectivity index (χ0) is 21.6. The molecular formula is C25H52O3S. The van der Waals surface area contributed by atoms with Crippen LogP contribution in [0, 0.1) is 0 Å². The number of hydrogen-bond acceptors (Lipinski definition) is 2. The lowest BCUT2D eigenvalue weighted by atomic mass is 10.0. The summed E-state index contributed by atoms with van der Waals surface area (Å²) in [6, 6.07) is 0. The van der Waals surface area contributed by atoms with E-state index in [1.165, 1.54) is 103 Å². The summed E-state index contributed by atoms with van der Waals surface area (Å²) < 4.78 is 32.8. The molecule has 0 aromatic carbocycles. The molecule has 0 heterocycles. The van der Waals surface area contributed by atoms with Gasteiger partial charge in [0.15, 0.2) is 0 Å². The molecule has 1 N–H and O–H groups in total. The van der Waals surface area contributed by atoms with Gasteiger partial charge in [-0.2, -0.15) is 8.42 Å². The smallest absolute Gasteiger partial charge is 0.267 e. The fourth-order valence-electron chi connectivity index (χ4n) is 4.16. The Hall–Kier alpha value is -0.0900. The second-order valence-electron chi connectivity index (χ2n) is 9.08. The minimum atomic E-state index is -3.88. The summed E-state index contributed by atoms with van der Waals surface area (Å²) in [4.78, 5) is 0. The predicted octanol–water partition coefficient (Wildman–Crippen LogP) is 8.86. The molecule has 0 aromatic heterocycles. The van der Waals surface area contributed by atoms with Crippen LogP contribution in [-0.4, -0.2) is 18.2 Å². The lowest BCUT2D eigenvalue weighted by Gasteiger charge is -2.13. The van der Waals surface area contributed by atoms with E-state index < -0.39 is 15.4 Å². The van der Waals surface area contributed by atoms with E-state index in [-0.39, 0.29) is 0 Å². The van der Waals surface area contributed by atoms with E-state index in [0.717, 1.165) is 25.7 Å². The molecule has 3 nitrogen and oxygen atoms in total. The molecule has 0 bridgehead atoms. The van der Waals surface area contributed by atoms with Crippen molar-refractivity contribution in [2.75, 3.05) is 0 Å². The SMILES string of the molecule is CCCCCCCCCCCCCCC(CCCCCCCCCC)S(=O)(=O)O. The Morgan fingerprint density at radius 2 is 0.724 bits per heavy atom. The second-order valence-corrected chi connectivity index (χ2v) is 10.8. The molecule has 0 aromatic rings. The van der Waals surface area contributed by atoms with Crippen molar-refractivity contribution in [2.24, 2.45) is 0 Å². The van der Waals surface area contributed by atoms with Crippen molar-refractivity contribution in [3.8, 4) is 0 Å². The van der Waals surface area contributed by atoms with Crippen LogP contribution in [0.3, 0.4) is 0 Å². The highest BCUT2D eigenvalue weighted by atomic mass is 32.2. The number of hydrogen-bond donors (Lipinski definition) is 1. The van der Waals surface area contributed by atoms with Gasteiger partial charge in [0.1, 0.15) is 0 Å². The largest absolute Gasteiger partial charge is 0.285 e. The fourth-order valence-corrected chi connectivity index (χ4v) is 5.09. The summed E-state index contributed by atoms with van der Waals surface area (Å²) in [5, 5.41) is -0.536. The molecule has 1 atom stereocenters. The van der Waals surface area contributed by atoms with Crippen molar-refractivity contribution in [2.45, 2.75) is 160 Å². The van der Waals surface area contributed by atoms with Gasteiger partial charge in [0.25, 0.3) is 10.1 Å². The Morgan fingerprint density at radius 3 is 0.966 bits per heavy atom. The fraction of sp³-hybridized carbons (Fsp3) is 1.00. The molecule has 0 saturated heterocycles. The van der Waals surface area contributed by atoms with Gasteiger partial charge in [0.2, 0.25) is 0 Å². The second kappa shape index (κ2) is 21.2. The van der Waals surface area contributed by atoms with Gasteiger partial charge < -0.3 is 0 Å². The highest BCUT2D eigenvalue weighted by Gasteiger charge is 2.21. The van der Waals surface area contributed by atoms with Crippen LogP contribution >= 0.6 is 0 Å². The zero-order valence-corrected chi connectivity index (χ0v) is 20.6. The van der Waals surface area contributed by atoms with E-state index in [1.807, 2.05) is 0 Å². The van der Waals surface area contributed by atoms with Crippen molar-refractivity contribution in [1.29, 1.82) is 0 Å². The summed E-state index contributed by atoms with van der Waals surface area (Å²) in [6.45, 7) is 4.49. The molecule has 4 heteroatoms. The van der Waals surface area contributed by atoms with E-state index in [1.54, 1.807) is 0 Å². The number of unbranched alkanes of at least 4 members (excludes halogenated alkanes) is 18. The van der Waals surface area contributed by atoms with Crippen molar-refractivity contribution >= 4 is 10.1 Å². The van der Waals surface area contributed by atoms with E-state index >= 15 is 0 Å². The van der Waals surface area contributed by atoms with Gasteiger partial charge in [0, 0.05) is 0 Å². The zero-order valence-electron chi connectivity index (χ0n) is 19.8. The summed E-state index contributed by atoms with van der Waals surface area (Å²) in [7, 11) is -3.88. The normalized spacial score (nSPS) is 13.1. The molecule has 0 spiro atoms. The summed E-state index contributed by atoms with van der Waals surface area (Å²) >= 11 is 0. The number of rotatable bonds is 23. The van der Waals surface area contributed by atoms with Gasteiger partial charge in [-0.25, -0.2) is 0 Å². The quantitative estimate of drug-likeness (QED) is 0.129. The first-order chi connectivity index (χ1) is 14.0. The first-order valence-corrected chi connectivity index (χ1v) is 14.5. The van der Waals surface area contributed by atoms with Crippen LogP contribution in [0.25, 0.3) is 0 Å². The van der Waals surface area contributed by atoms with Crippen LogP contribution in [0.15, 0.2) is 0 Å². The van der Waals surface area contributed by atoms with Crippen molar-refractivity contribution in [1.82, 2.24) is 0 Å². The Morgan fingerprint density at radius 1 is 0.483 bits per heavy atom. The molecule has 0 radical (unpaired) electrons. The summed E-state index contributed by atoms with van der Waals surface area (Å²) in [5.41, 5.74) is 0. The Kier molecular flexibility index (Phi) is 21.1. The molecule has 0 aliphatic carbocycles. The molecular weight excluding hydrogens is 380 g/mol. The van der Waals surface area contributed by atoms with Gasteiger partial charge in [-0.1, -0.05) is 142 Å². The topological polar surface area (TPSA) is 54.4 Å². The maximum Gasteiger partial charge on any atom is 0.267 e. The first-order valence-electron chi connectivity index (χ1n) is 13.0. The predicted molar refractivity (Wildman–Crippen MR) is 128 cm³/mol. The van der Waals surface area contributed by atoms with E-state index in [2.05, 4.69) is 13.8 Å². The summed E-state index contributed by atoms with van der Waals surface area (Å²) in [5.74, 6) is 0. The van der Waals surface area contributed by atoms with Crippen LogP contribution in [0.5, 0.6) is 0 Å². The highest BCUT2D eigenvalue weighted by Crippen LogP contribution is 2.19. The summed E-state index contributed by atoms with van der Waals surface area (Å²) in [6.07, 6.45) is 26.3. The molecule has 29 heavy (non-hydrogen) atoms. The minimum Gasteiger partial charge on any atom is -0.285 e. The van der Waals surface area contributed by atoms with Crippen LogP contribution in [0.1, 0.15) is 155 Å². The molecule has 0 rings (SSSR count). The Labute approximate surface area is 183 Å². The third kappa shape index (κ3) is 20.9. The standard InChI is InChI=1S/C25H52O3S/c1-3-5-7-9-11-13-14-15-16-18-20-22-24-25(29(26,27)28)23-21-19-17-12-10-8-6-4-2/h25H,3-24H2,1-2H3,(H,26,27,28). The van der Waals surface area contributed by atoms with E-state index in [4.69, 9.17) is 0 Å². The molecule has 176 valence electrons. The van der Waals surface area contributed by atoms with Crippen LogP contribution < -0.4 is 0 Å².